The number of carbonyl (C=O) groups excluding carboxylic acids is 1. The third-order valence-corrected chi connectivity index (χ3v) is 2.71. The molecule has 0 aliphatic heterocycles. The van der Waals surface area contributed by atoms with Crippen LogP contribution in [0.15, 0.2) is 42.5 Å². The van der Waals surface area contributed by atoms with Crippen molar-refractivity contribution in [3.05, 3.63) is 48.0 Å². The lowest BCUT2D eigenvalue weighted by Crippen LogP contribution is -2.11. The molecule has 0 saturated heterocycles. The number of nitrogens with one attached hydrogen (secondary N) is 1. The number of benzene rings is 2. The van der Waals surface area contributed by atoms with Crippen LogP contribution in [0.1, 0.15) is 10.4 Å². The fourth-order valence-electron chi connectivity index (χ4n) is 1.71. The molecule has 98 valence electrons. The molecule has 1 amide bonds. The molecule has 0 aliphatic carbocycles. The summed E-state index contributed by atoms with van der Waals surface area (Å²) >= 11 is 0. The Kier molecular flexibility index (Phi) is 3.56. The smallest absolute Gasteiger partial charge is 0.248 e. The molecule has 19 heavy (non-hydrogen) atoms. The molecule has 0 heterocycles. The lowest BCUT2D eigenvalue weighted by molar-refractivity contribution is 0.100. The molecule has 0 atom stereocenters. The van der Waals surface area contributed by atoms with E-state index in [9.17, 15) is 4.79 Å². The van der Waals surface area contributed by atoms with Crippen molar-refractivity contribution in [1.29, 1.82) is 0 Å². The van der Waals surface area contributed by atoms with Crippen LogP contribution in [0.25, 0.3) is 0 Å². The molecule has 2 aromatic carbocycles. The van der Waals surface area contributed by atoms with Gasteiger partial charge in [-0.1, -0.05) is 12.1 Å². The van der Waals surface area contributed by atoms with Gasteiger partial charge in [-0.05, 0) is 30.3 Å². The highest BCUT2D eigenvalue weighted by molar-refractivity contribution is 5.95. The Morgan fingerprint density at radius 1 is 1.16 bits per heavy atom. The summed E-state index contributed by atoms with van der Waals surface area (Å²) < 4.78 is 5.24. The number of para-hydroxylation sites is 2. The van der Waals surface area contributed by atoms with E-state index in [0.29, 0.717) is 22.7 Å². The summed E-state index contributed by atoms with van der Waals surface area (Å²) in [4.78, 5) is 11.2. The van der Waals surface area contributed by atoms with Gasteiger partial charge in [0.1, 0.15) is 5.75 Å². The van der Waals surface area contributed by atoms with Crippen molar-refractivity contribution < 1.29 is 9.53 Å². The summed E-state index contributed by atoms with van der Waals surface area (Å²) in [6.07, 6.45) is 0. The molecular weight excluding hydrogens is 242 g/mol. The van der Waals surface area contributed by atoms with Gasteiger partial charge in [-0.2, -0.15) is 0 Å². The second-order valence-electron chi connectivity index (χ2n) is 3.99. The quantitative estimate of drug-likeness (QED) is 0.732. The summed E-state index contributed by atoms with van der Waals surface area (Å²) in [5.74, 6) is 0.189. The Balaban J connectivity index is 2.37. The first kappa shape index (κ1) is 12.8. The highest BCUT2D eigenvalue weighted by atomic mass is 16.5. The molecule has 2 aromatic rings. The molecule has 5 N–H and O–H groups in total. The number of ether oxygens (including phenoxy) is 1. The molecule has 0 aliphatic rings. The second kappa shape index (κ2) is 5.30. The van der Waals surface area contributed by atoms with E-state index in [0.717, 1.165) is 5.69 Å². The highest BCUT2D eigenvalue weighted by Gasteiger charge is 2.07. The summed E-state index contributed by atoms with van der Waals surface area (Å²) in [5, 5.41) is 3.13. The Bertz CT molecular complexity index is 611. The predicted molar refractivity (Wildman–Crippen MR) is 75.6 cm³/mol. The Hall–Kier alpha value is -2.69. The first-order valence-corrected chi connectivity index (χ1v) is 5.71. The first-order chi connectivity index (χ1) is 9.11. The van der Waals surface area contributed by atoms with Crippen molar-refractivity contribution in [3.8, 4) is 5.75 Å². The Morgan fingerprint density at radius 3 is 2.58 bits per heavy atom. The van der Waals surface area contributed by atoms with E-state index in [4.69, 9.17) is 16.2 Å². The lowest BCUT2D eigenvalue weighted by Gasteiger charge is -2.13. The van der Waals surface area contributed by atoms with Gasteiger partial charge < -0.3 is 21.5 Å². The Labute approximate surface area is 111 Å². The predicted octanol–water partition coefficient (Wildman–Crippen LogP) is 2.12. The van der Waals surface area contributed by atoms with Crippen molar-refractivity contribution in [2.75, 3.05) is 18.2 Å². The molecule has 0 radical (unpaired) electrons. The topological polar surface area (TPSA) is 90.4 Å². The van der Waals surface area contributed by atoms with Gasteiger partial charge in [-0.15, -0.1) is 0 Å². The number of amides is 1. The van der Waals surface area contributed by atoms with Crippen LogP contribution >= 0.6 is 0 Å². The van der Waals surface area contributed by atoms with E-state index in [1.54, 1.807) is 25.3 Å². The molecule has 0 aromatic heterocycles. The summed E-state index contributed by atoms with van der Waals surface area (Å²) in [7, 11) is 1.59. The van der Waals surface area contributed by atoms with Crippen molar-refractivity contribution in [3.63, 3.8) is 0 Å². The van der Waals surface area contributed by atoms with E-state index in [1.807, 2.05) is 24.3 Å². The fourth-order valence-corrected chi connectivity index (χ4v) is 1.71. The average Bonchev–Trinajstić information content (AvgIpc) is 2.41. The third kappa shape index (κ3) is 2.77. The van der Waals surface area contributed by atoms with Crippen LogP contribution in [-0.2, 0) is 0 Å². The molecular formula is C14H15N3O2. The summed E-state index contributed by atoms with van der Waals surface area (Å²) in [6.45, 7) is 0. The number of methoxy groups -OCH3 is 1. The van der Waals surface area contributed by atoms with Gasteiger partial charge in [-0.25, -0.2) is 0 Å². The molecule has 0 saturated carbocycles. The minimum atomic E-state index is -0.497. The van der Waals surface area contributed by atoms with E-state index in [1.165, 1.54) is 0 Å². The van der Waals surface area contributed by atoms with Gasteiger partial charge in [0.05, 0.1) is 24.2 Å². The molecule has 0 unspecified atom stereocenters. The maximum absolute atomic E-state index is 11.2. The third-order valence-electron chi connectivity index (χ3n) is 2.71. The average molecular weight is 257 g/mol. The highest BCUT2D eigenvalue weighted by Crippen LogP contribution is 2.30. The van der Waals surface area contributed by atoms with Crippen LogP contribution in [0.2, 0.25) is 0 Å². The normalized spacial score (nSPS) is 9.95. The largest absolute Gasteiger partial charge is 0.495 e. The number of anilines is 3. The van der Waals surface area contributed by atoms with Gasteiger partial charge in [-0.3, -0.25) is 4.79 Å². The summed E-state index contributed by atoms with van der Waals surface area (Å²) in [5.41, 5.74) is 13.4. The Morgan fingerprint density at radius 2 is 1.89 bits per heavy atom. The molecule has 0 bridgehead atoms. The number of nitrogen functional groups attached to an aromatic ring is 1. The van der Waals surface area contributed by atoms with Crippen molar-refractivity contribution >= 4 is 23.0 Å². The van der Waals surface area contributed by atoms with E-state index < -0.39 is 5.91 Å². The zero-order chi connectivity index (χ0) is 13.8. The fraction of sp³-hybridized carbons (Fsp3) is 0.0714. The van der Waals surface area contributed by atoms with Crippen LogP contribution in [-0.4, -0.2) is 13.0 Å². The van der Waals surface area contributed by atoms with Crippen molar-refractivity contribution in [2.24, 2.45) is 5.73 Å². The monoisotopic (exact) mass is 257 g/mol. The van der Waals surface area contributed by atoms with E-state index in [2.05, 4.69) is 5.32 Å². The molecule has 5 heteroatoms. The number of carbonyl (C=O) groups is 1. The maximum atomic E-state index is 11.2. The van der Waals surface area contributed by atoms with Gasteiger partial charge in [0.15, 0.2) is 0 Å². The van der Waals surface area contributed by atoms with Crippen LogP contribution in [0.3, 0.4) is 0 Å². The first-order valence-electron chi connectivity index (χ1n) is 5.71. The van der Waals surface area contributed by atoms with Crippen molar-refractivity contribution in [1.82, 2.24) is 0 Å². The van der Waals surface area contributed by atoms with Gasteiger partial charge in [0.25, 0.3) is 0 Å². The zero-order valence-electron chi connectivity index (χ0n) is 10.5. The molecule has 0 fully saturated rings. The van der Waals surface area contributed by atoms with Gasteiger partial charge in [0, 0.05) is 5.56 Å². The van der Waals surface area contributed by atoms with Crippen LogP contribution in [0.5, 0.6) is 5.75 Å². The summed E-state index contributed by atoms with van der Waals surface area (Å²) in [6, 6.07) is 12.3. The minimum Gasteiger partial charge on any atom is -0.495 e. The minimum absolute atomic E-state index is 0.395. The molecule has 5 nitrogen and oxygen atoms in total. The molecule has 0 spiro atoms. The van der Waals surface area contributed by atoms with E-state index >= 15 is 0 Å². The van der Waals surface area contributed by atoms with Gasteiger partial charge >= 0.3 is 0 Å². The second-order valence-corrected chi connectivity index (χ2v) is 3.99. The maximum Gasteiger partial charge on any atom is 0.248 e. The van der Waals surface area contributed by atoms with Crippen LogP contribution in [0, 0.1) is 0 Å². The van der Waals surface area contributed by atoms with E-state index in [-0.39, 0.29) is 0 Å². The number of primary amides is 1. The van der Waals surface area contributed by atoms with Crippen LogP contribution in [0.4, 0.5) is 17.1 Å². The number of rotatable bonds is 4. The zero-order valence-corrected chi connectivity index (χ0v) is 10.5. The number of hydrogen-bond donors (Lipinski definition) is 3. The standard InChI is InChI=1S/C14H15N3O2/c1-19-13-5-3-2-4-11(13)17-12-8-9(14(16)18)6-7-10(12)15/h2-8,17H,15H2,1H3,(H2,16,18). The molecule has 2 rings (SSSR count). The number of nitrogens with two attached hydrogens (primary N) is 2. The van der Waals surface area contributed by atoms with Gasteiger partial charge in [0.2, 0.25) is 5.91 Å². The SMILES string of the molecule is COc1ccccc1Nc1cc(C(N)=O)ccc1N. The lowest BCUT2D eigenvalue weighted by atomic mass is 10.1. The van der Waals surface area contributed by atoms with Crippen LogP contribution < -0.4 is 21.5 Å². The number of hydrogen-bond acceptors (Lipinski definition) is 4. The van der Waals surface area contributed by atoms with Crippen molar-refractivity contribution in [2.45, 2.75) is 0 Å².